The summed E-state index contributed by atoms with van der Waals surface area (Å²) in [5.74, 6) is 1.09. The average Bonchev–Trinajstić information content (AvgIpc) is 2.85. The number of hydrogen-bond acceptors (Lipinski definition) is 2. The SMILES string of the molecule is NC1(c2cccc3c2OCC3)CCCC1. The second kappa shape index (κ2) is 3.24. The zero-order chi connectivity index (χ0) is 10.3. The van der Waals surface area contributed by atoms with Crippen LogP contribution in [-0.4, -0.2) is 6.61 Å². The fourth-order valence-electron chi connectivity index (χ4n) is 2.88. The second-order valence-corrected chi connectivity index (χ2v) is 4.76. The molecule has 3 rings (SSSR count). The number of fused-ring (bicyclic) bond motifs is 1. The van der Waals surface area contributed by atoms with Gasteiger partial charge in [-0.2, -0.15) is 0 Å². The zero-order valence-corrected chi connectivity index (χ0v) is 8.96. The van der Waals surface area contributed by atoms with E-state index < -0.39 is 0 Å². The summed E-state index contributed by atoms with van der Waals surface area (Å²) in [7, 11) is 0. The van der Waals surface area contributed by atoms with Crippen molar-refractivity contribution in [3.63, 3.8) is 0 Å². The molecule has 1 aliphatic heterocycles. The Labute approximate surface area is 90.4 Å². The van der Waals surface area contributed by atoms with Gasteiger partial charge in [0.2, 0.25) is 0 Å². The van der Waals surface area contributed by atoms with Gasteiger partial charge in [0.05, 0.1) is 6.61 Å². The number of para-hydroxylation sites is 1. The van der Waals surface area contributed by atoms with Gasteiger partial charge in [0, 0.05) is 17.5 Å². The fraction of sp³-hybridized carbons (Fsp3) is 0.538. The average molecular weight is 203 g/mol. The quantitative estimate of drug-likeness (QED) is 0.760. The predicted molar refractivity (Wildman–Crippen MR) is 60.0 cm³/mol. The molecule has 1 saturated carbocycles. The van der Waals surface area contributed by atoms with Gasteiger partial charge >= 0.3 is 0 Å². The van der Waals surface area contributed by atoms with Crippen LogP contribution >= 0.6 is 0 Å². The van der Waals surface area contributed by atoms with Gasteiger partial charge in [-0.25, -0.2) is 0 Å². The van der Waals surface area contributed by atoms with Gasteiger partial charge in [-0.15, -0.1) is 0 Å². The highest BCUT2D eigenvalue weighted by molar-refractivity contribution is 5.47. The van der Waals surface area contributed by atoms with Crippen molar-refractivity contribution in [1.29, 1.82) is 0 Å². The molecule has 0 saturated heterocycles. The summed E-state index contributed by atoms with van der Waals surface area (Å²) < 4.78 is 5.73. The van der Waals surface area contributed by atoms with Gasteiger partial charge < -0.3 is 10.5 Å². The number of rotatable bonds is 1. The number of nitrogens with two attached hydrogens (primary N) is 1. The smallest absolute Gasteiger partial charge is 0.127 e. The summed E-state index contributed by atoms with van der Waals surface area (Å²) in [4.78, 5) is 0. The van der Waals surface area contributed by atoms with E-state index in [2.05, 4.69) is 18.2 Å². The monoisotopic (exact) mass is 203 g/mol. The molecular weight excluding hydrogens is 186 g/mol. The van der Waals surface area contributed by atoms with E-state index in [-0.39, 0.29) is 5.54 Å². The van der Waals surface area contributed by atoms with Gasteiger partial charge in [0.15, 0.2) is 0 Å². The maximum absolute atomic E-state index is 6.47. The Kier molecular flexibility index (Phi) is 1.99. The Morgan fingerprint density at radius 2 is 2.00 bits per heavy atom. The molecule has 0 aromatic heterocycles. The number of ether oxygens (including phenoxy) is 1. The summed E-state index contributed by atoms with van der Waals surface area (Å²) >= 11 is 0. The summed E-state index contributed by atoms with van der Waals surface area (Å²) in [6, 6.07) is 6.43. The normalized spacial score (nSPS) is 22.5. The molecule has 0 spiro atoms. The number of benzene rings is 1. The molecule has 0 amide bonds. The van der Waals surface area contributed by atoms with Crippen LogP contribution in [-0.2, 0) is 12.0 Å². The molecule has 2 aliphatic rings. The van der Waals surface area contributed by atoms with Crippen LogP contribution in [0.15, 0.2) is 18.2 Å². The molecule has 0 unspecified atom stereocenters. The van der Waals surface area contributed by atoms with Crippen molar-refractivity contribution < 1.29 is 4.74 Å². The van der Waals surface area contributed by atoms with Crippen molar-refractivity contribution >= 4 is 0 Å². The molecule has 0 bridgehead atoms. The Balaban J connectivity index is 2.08. The Morgan fingerprint density at radius 3 is 2.80 bits per heavy atom. The molecule has 2 heteroatoms. The molecule has 1 aliphatic carbocycles. The summed E-state index contributed by atoms with van der Waals surface area (Å²) in [5, 5.41) is 0. The van der Waals surface area contributed by atoms with Crippen LogP contribution in [0.1, 0.15) is 36.8 Å². The van der Waals surface area contributed by atoms with E-state index in [1.54, 1.807) is 0 Å². The Hall–Kier alpha value is -1.02. The van der Waals surface area contributed by atoms with E-state index in [9.17, 15) is 0 Å². The van der Waals surface area contributed by atoms with E-state index in [1.807, 2.05) is 0 Å². The minimum Gasteiger partial charge on any atom is -0.493 e. The lowest BCUT2D eigenvalue weighted by Gasteiger charge is -2.26. The zero-order valence-electron chi connectivity index (χ0n) is 8.96. The maximum Gasteiger partial charge on any atom is 0.127 e. The van der Waals surface area contributed by atoms with Crippen LogP contribution in [0.25, 0.3) is 0 Å². The second-order valence-electron chi connectivity index (χ2n) is 4.76. The fourth-order valence-corrected chi connectivity index (χ4v) is 2.88. The number of hydrogen-bond donors (Lipinski definition) is 1. The third-order valence-electron chi connectivity index (χ3n) is 3.75. The molecule has 2 N–H and O–H groups in total. The highest BCUT2D eigenvalue weighted by Gasteiger charge is 2.35. The van der Waals surface area contributed by atoms with E-state index in [4.69, 9.17) is 10.5 Å². The molecule has 1 heterocycles. The highest BCUT2D eigenvalue weighted by Crippen LogP contribution is 2.43. The first-order valence-electron chi connectivity index (χ1n) is 5.84. The van der Waals surface area contributed by atoms with E-state index in [0.29, 0.717) is 0 Å². The predicted octanol–water partition coefficient (Wildman–Crippen LogP) is 2.35. The third kappa shape index (κ3) is 1.36. The first-order valence-corrected chi connectivity index (χ1v) is 5.84. The minimum atomic E-state index is -0.115. The molecule has 0 radical (unpaired) electrons. The Morgan fingerprint density at radius 1 is 1.20 bits per heavy atom. The first-order chi connectivity index (χ1) is 7.30. The summed E-state index contributed by atoms with van der Waals surface area (Å²) in [6.07, 6.45) is 5.75. The largest absolute Gasteiger partial charge is 0.493 e. The summed E-state index contributed by atoms with van der Waals surface area (Å²) in [6.45, 7) is 0.822. The van der Waals surface area contributed by atoms with Crippen molar-refractivity contribution in [1.82, 2.24) is 0 Å². The molecule has 1 fully saturated rings. The lowest BCUT2D eigenvalue weighted by molar-refractivity contribution is 0.339. The van der Waals surface area contributed by atoms with E-state index in [1.165, 1.54) is 24.0 Å². The van der Waals surface area contributed by atoms with Crippen LogP contribution in [0.5, 0.6) is 5.75 Å². The maximum atomic E-state index is 6.47. The van der Waals surface area contributed by atoms with Crippen LogP contribution in [0.4, 0.5) is 0 Å². The molecule has 80 valence electrons. The highest BCUT2D eigenvalue weighted by atomic mass is 16.5. The van der Waals surface area contributed by atoms with Gasteiger partial charge in [-0.3, -0.25) is 0 Å². The van der Waals surface area contributed by atoms with Crippen molar-refractivity contribution in [2.45, 2.75) is 37.6 Å². The van der Waals surface area contributed by atoms with Crippen molar-refractivity contribution in [3.05, 3.63) is 29.3 Å². The molecule has 15 heavy (non-hydrogen) atoms. The van der Waals surface area contributed by atoms with Gasteiger partial charge in [0.25, 0.3) is 0 Å². The molecule has 2 nitrogen and oxygen atoms in total. The Bertz CT molecular complexity index is 380. The molecule has 1 aromatic rings. The standard InChI is InChI=1S/C13H17NO/c14-13(7-1-2-8-13)11-5-3-4-10-6-9-15-12(10)11/h3-5H,1-2,6-9,14H2. The lowest BCUT2D eigenvalue weighted by atomic mass is 9.87. The third-order valence-corrected chi connectivity index (χ3v) is 3.75. The first kappa shape index (κ1) is 9.22. The lowest BCUT2D eigenvalue weighted by Crippen LogP contribution is -2.33. The van der Waals surface area contributed by atoms with Crippen LogP contribution < -0.4 is 10.5 Å². The van der Waals surface area contributed by atoms with E-state index in [0.717, 1.165) is 31.6 Å². The molecular formula is C13H17NO. The van der Waals surface area contributed by atoms with Crippen molar-refractivity contribution in [3.8, 4) is 5.75 Å². The summed E-state index contributed by atoms with van der Waals surface area (Å²) in [5.41, 5.74) is 8.94. The van der Waals surface area contributed by atoms with Gasteiger partial charge in [0.1, 0.15) is 5.75 Å². The van der Waals surface area contributed by atoms with Crippen LogP contribution in [0.3, 0.4) is 0 Å². The van der Waals surface area contributed by atoms with Crippen molar-refractivity contribution in [2.24, 2.45) is 5.73 Å². The van der Waals surface area contributed by atoms with Crippen LogP contribution in [0, 0.1) is 0 Å². The minimum absolute atomic E-state index is 0.115. The molecule has 0 atom stereocenters. The van der Waals surface area contributed by atoms with Gasteiger partial charge in [-0.05, 0) is 18.4 Å². The van der Waals surface area contributed by atoms with E-state index >= 15 is 0 Å². The van der Waals surface area contributed by atoms with Gasteiger partial charge in [-0.1, -0.05) is 31.0 Å². The van der Waals surface area contributed by atoms with Crippen molar-refractivity contribution in [2.75, 3.05) is 6.61 Å². The topological polar surface area (TPSA) is 35.2 Å². The molecule has 1 aromatic carbocycles. The van der Waals surface area contributed by atoms with Crippen LogP contribution in [0.2, 0.25) is 0 Å².